The van der Waals surface area contributed by atoms with Crippen LogP contribution in [0.5, 0.6) is 0 Å². The van der Waals surface area contributed by atoms with Crippen LogP contribution in [0, 0.1) is 0 Å². The van der Waals surface area contributed by atoms with Crippen LogP contribution in [-0.2, 0) is 4.79 Å². The number of H-pyrrole nitrogens is 1. The Hall–Kier alpha value is -1.63. The topological polar surface area (TPSA) is 82.5 Å². The summed E-state index contributed by atoms with van der Waals surface area (Å²) >= 11 is 1.34. The van der Waals surface area contributed by atoms with Gasteiger partial charge in [0.05, 0.1) is 17.7 Å². The Bertz CT molecular complexity index is 383. The molecule has 1 amide bonds. The van der Waals surface area contributed by atoms with E-state index < -0.39 is 0 Å². The van der Waals surface area contributed by atoms with Gasteiger partial charge in [-0.1, -0.05) is 11.8 Å². The fraction of sp³-hybridized carbons (Fsp3) is 0.143. The third kappa shape index (κ3) is 2.19. The first-order valence-corrected chi connectivity index (χ1v) is 4.86. The highest BCUT2D eigenvalue weighted by Crippen LogP contribution is 2.08. The van der Waals surface area contributed by atoms with Gasteiger partial charge in [-0.15, -0.1) is 5.10 Å². The van der Waals surface area contributed by atoms with Gasteiger partial charge in [0.2, 0.25) is 5.91 Å². The number of carbonyl (C=O) groups excluding carboxylic acids is 1. The fourth-order valence-electron chi connectivity index (χ4n) is 0.861. The summed E-state index contributed by atoms with van der Waals surface area (Å²) in [5, 5.41) is 17.2. The Morgan fingerprint density at radius 2 is 2.57 bits per heavy atom. The van der Waals surface area contributed by atoms with E-state index in [-0.39, 0.29) is 5.91 Å². The molecule has 72 valence electrons. The minimum atomic E-state index is -0.0366. The lowest BCUT2D eigenvalue weighted by molar-refractivity contribution is -0.116. The molecule has 1 aromatic heterocycles. The summed E-state index contributed by atoms with van der Waals surface area (Å²) in [4.78, 5) is 10.8. The van der Waals surface area contributed by atoms with Crippen LogP contribution in [0.4, 0.5) is 0 Å². The molecule has 14 heavy (non-hydrogen) atoms. The number of hydrogen-bond acceptors (Lipinski definition) is 5. The van der Waals surface area contributed by atoms with Crippen LogP contribution in [0.2, 0.25) is 0 Å². The van der Waals surface area contributed by atoms with Crippen LogP contribution < -0.4 is 5.32 Å². The third-order valence-corrected chi connectivity index (χ3v) is 2.32. The normalized spacial score (nSPS) is 19.4. The largest absolute Gasteiger partial charge is 0.303 e. The van der Waals surface area contributed by atoms with E-state index in [1.165, 1.54) is 18.0 Å². The van der Waals surface area contributed by atoms with Gasteiger partial charge < -0.3 is 5.32 Å². The van der Waals surface area contributed by atoms with Gasteiger partial charge in [-0.25, -0.2) is 0 Å². The minimum absolute atomic E-state index is 0.0366. The number of carbonyl (C=O) groups is 1. The Kier molecular flexibility index (Phi) is 2.59. The van der Waals surface area contributed by atoms with E-state index in [1.54, 1.807) is 12.3 Å². The molecule has 0 spiro atoms. The third-order valence-electron chi connectivity index (χ3n) is 1.45. The van der Waals surface area contributed by atoms with Gasteiger partial charge in [-0.3, -0.25) is 9.89 Å². The molecule has 7 heteroatoms. The van der Waals surface area contributed by atoms with Crippen molar-refractivity contribution >= 4 is 29.1 Å². The molecule has 1 saturated heterocycles. The summed E-state index contributed by atoms with van der Waals surface area (Å²) in [6.45, 7) is 0. The highest BCUT2D eigenvalue weighted by molar-refractivity contribution is 8.15. The van der Waals surface area contributed by atoms with Gasteiger partial charge in [0.1, 0.15) is 0 Å². The maximum Gasteiger partial charge on any atom is 0.236 e. The van der Waals surface area contributed by atoms with Crippen molar-refractivity contribution < 1.29 is 4.79 Å². The average Bonchev–Trinajstić information content (AvgIpc) is 2.77. The number of nitrogens with zero attached hydrogens (tertiary/aromatic N) is 3. The molecular weight excluding hydrogens is 202 g/mol. The zero-order chi connectivity index (χ0) is 9.80. The Labute approximate surface area is 83.9 Å². The van der Waals surface area contributed by atoms with Crippen LogP contribution in [0.3, 0.4) is 0 Å². The molecule has 2 heterocycles. The van der Waals surface area contributed by atoms with Gasteiger partial charge in [-0.05, 0) is 6.07 Å². The summed E-state index contributed by atoms with van der Waals surface area (Å²) in [6, 6.07) is 1.77. The molecule has 6 nitrogen and oxygen atoms in total. The summed E-state index contributed by atoms with van der Waals surface area (Å²) in [5.41, 5.74) is 0.767. The highest BCUT2D eigenvalue weighted by Gasteiger charge is 2.15. The monoisotopic (exact) mass is 209 g/mol. The van der Waals surface area contributed by atoms with Gasteiger partial charge in [0.15, 0.2) is 5.17 Å². The SMILES string of the molecule is O=C1CS/C(=N\N=C\c2ccn[nH]2)N1. The van der Waals surface area contributed by atoms with E-state index >= 15 is 0 Å². The lowest BCUT2D eigenvalue weighted by atomic mass is 10.5. The number of rotatable bonds is 2. The molecule has 0 aromatic carbocycles. The summed E-state index contributed by atoms with van der Waals surface area (Å²) < 4.78 is 0. The van der Waals surface area contributed by atoms with E-state index in [2.05, 4.69) is 25.7 Å². The van der Waals surface area contributed by atoms with Gasteiger partial charge in [-0.2, -0.15) is 10.2 Å². The van der Waals surface area contributed by atoms with Gasteiger partial charge in [0.25, 0.3) is 0 Å². The number of aromatic amines is 1. The van der Waals surface area contributed by atoms with Crippen molar-refractivity contribution in [2.45, 2.75) is 0 Å². The van der Waals surface area contributed by atoms with Crippen LogP contribution in [0.25, 0.3) is 0 Å². The lowest BCUT2D eigenvalue weighted by Gasteiger charge is -1.88. The van der Waals surface area contributed by atoms with E-state index in [9.17, 15) is 4.79 Å². The number of amidine groups is 1. The van der Waals surface area contributed by atoms with Crippen LogP contribution in [0.1, 0.15) is 5.69 Å². The molecule has 0 saturated carbocycles. The second kappa shape index (κ2) is 4.05. The molecule has 2 N–H and O–H groups in total. The molecular formula is C7H7N5OS. The van der Waals surface area contributed by atoms with E-state index in [1.807, 2.05) is 0 Å². The predicted molar refractivity (Wildman–Crippen MR) is 54.2 cm³/mol. The maximum absolute atomic E-state index is 10.8. The van der Waals surface area contributed by atoms with Crippen molar-refractivity contribution in [2.24, 2.45) is 10.2 Å². The van der Waals surface area contributed by atoms with Crippen molar-refractivity contribution in [3.05, 3.63) is 18.0 Å². The molecule has 2 rings (SSSR count). The number of hydrogen-bond donors (Lipinski definition) is 2. The smallest absolute Gasteiger partial charge is 0.236 e. The predicted octanol–water partition coefficient (Wildman–Crippen LogP) is -0.0374. The van der Waals surface area contributed by atoms with Crippen molar-refractivity contribution in [3.63, 3.8) is 0 Å². The standard InChI is InChI=1S/C7H7N5OS/c13-6-4-14-7(10-6)12-9-3-5-1-2-8-11-5/h1-3H,4H2,(H,8,11)(H,10,12,13)/b9-3+. The highest BCUT2D eigenvalue weighted by atomic mass is 32.2. The maximum atomic E-state index is 10.8. The van der Waals surface area contributed by atoms with Crippen molar-refractivity contribution in [3.8, 4) is 0 Å². The van der Waals surface area contributed by atoms with Gasteiger partial charge in [0, 0.05) is 6.20 Å². The van der Waals surface area contributed by atoms with E-state index in [0.29, 0.717) is 10.9 Å². The molecule has 0 unspecified atom stereocenters. The zero-order valence-electron chi connectivity index (χ0n) is 7.10. The minimum Gasteiger partial charge on any atom is -0.303 e. The summed E-state index contributed by atoms with van der Waals surface area (Å²) in [5.74, 6) is 0.379. The quantitative estimate of drug-likeness (QED) is 0.529. The lowest BCUT2D eigenvalue weighted by Crippen LogP contribution is -2.19. The molecule has 0 atom stereocenters. The fourth-order valence-corrected chi connectivity index (χ4v) is 1.49. The molecule has 1 fully saturated rings. The number of thioether (sulfide) groups is 1. The van der Waals surface area contributed by atoms with E-state index in [4.69, 9.17) is 0 Å². The molecule has 1 aliphatic heterocycles. The molecule has 1 aliphatic rings. The molecule has 1 aromatic rings. The first kappa shape index (κ1) is 8.95. The van der Waals surface area contributed by atoms with Gasteiger partial charge >= 0.3 is 0 Å². The molecule has 0 aliphatic carbocycles. The van der Waals surface area contributed by atoms with Crippen LogP contribution in [-0.4, -0.2) is 33.2 Å². The van der Waals surface area contributed by atoms with Crippen molar-refractivity contribution in [2.75, 3.05) is 5.75 Å². The zero-order valence-corrected chi connectivity index (χ0v) is 7.91. The number of aromatic nitrogens is 2. The number of amides is 1. The Balaban J connectivity index is 1.96. The van der Waals surface area contributed by atoms with Crippen molar-refractivity contribution in [1.82, 2.24) is 15.5 Å². The number of nitrogens with one attached hydrogen (secondary N) is 2. The summed E-state index contributed by atoms with van der Waals surface area (Å²) in [6.07, 6.45) is 3.16. The summed E-state index contributed by atoms with van der Waals surface area (Å²) in [7, 11) is 0. The molecule has 0 bridgehead atoms. The van der Waals surface area contributed by atoms with Crippen molar-refractivity contribution in [1.29, 1.82) is 0 Å². The Morgan fingerprint density at radius 1 is 1.64 bits per heavy atom. The first-order chi connectivity index (χ1) is 6.84. The van der Waals surface area contributed by atoms with E-state index in [0.717, 1.165) is 5.69 Å². The average molecular weight is 209 g/mol. The van der Waals surface area contributed by atoms with Crippen LogP contribution >= 0.6 is 11.8 Å². The Morgan fingerprint density at radius 3 is 3.21 bits per heavy atom. The molecule has 0 radical (unpaired) electrons. The second-order valence-electron chi connectivity index (χ2n) is 2.50. The second-order valence-corrected chi connectivity index (χ2v) is 3.46. The van der Waals surface area contributed by atoms with Crippen LogP contribution in [0.15, 0.2) is 22.5 Å². The first-order valence-electron chi connectivity index (χ1n) is 3.87.